The molecule has 4 nitrogen and oxygen atoms in total. The van der Waals surface area contributed by atoms with Crippen molar-refractivity contribution in [1.82, 2.24) is 14.5 Å². The van der Waals surface area contributed by atoms with Crippen LogP contribution >= 0.6 is 0 Å². The van der Waals surface area contributed by atoms with Gasteiger partial charge in [-0.05, 0) is 32.4 Å². The van der Waals surface area contributed by atoms with E-state index in [2.05, 4.69) is 39.0 Å². The topological polar surface area (TPSA) is 42.7 Å². The Morgan fingerprint density at radius 2 is 2.00 bits per heavy atom. The van der Waals surface area contributed by atoms with Gasteiger partial charge in [0, 0.05) is 18.4 Å². The Morgan fingerprint density at radius 1 is 1.16 bits per heavy atom. The van der Waals surface area contributed by atoms with E-state index in [-0.39, 0.29) is 0 Å². The summed E-state index contributed by atoms with van der Waals surface area (Å²) in [4.78, 5) is 9.06. The van der Waals surface area contributed by atoms with Gasteiger partial charge in [-0.15, -0.1) is 0 Å². The molecule has 0 saturated heterocycles. The first-order chi connectivity index (χ1) is 9.19. The number of imidazole rings is 1. The maximum atomic E-state index is 4.54. The zero-order valence-corrected chi connectivity index (χ0v) is 12.0. The number of aryl methyl sites for hydroxylation is 2. The summed E-state index contributed by atoms with van der Waals surface area (Å²) in [7, 11) is 0. The lowest BCUT2D eigenvalue weighted by molar-refractivity contribution is 0.757. The van der Waals surface area contributed by atoms with Gasteiger partial charge in [-0.1, -0.05) is 19.4 Å². The molecule has 2 aromatic rings. The van der Waals surface area contributed by atoms with E-state index in [1.165, 1.54) is 6.42 Å². The Bertz CT molecular complexity index is 531. The molecule has 0 unspecified atom stereocenters. The first-order valence-electron chi connectivity index (χ1n) is 6.89. The van der Waals surface area contributed by atoms with Crippen molar-refractivity contribution in [2.24, 2.45) is 0 Å². The van der Waals surface area contributed by atoms with E-state index in [1.54, 1.807) is 0 Å². The summed E-state index contributed by atoms with van der Waals surface area (Å²) in [5.41, 5.74) is 3.15. The van der Waals surface area contributed by atoms with Crippen molar-refractivity contribution in [3.63, 3.8) is 0 Å². The van der Waals surface area contributed by atoms with Gasteiger partial charge in [0.05, 0.1) is 17.9 Å². The smallest absolute Gasteiger partial charge is 0.203 e. The van der Waals surface area contributed by atoms with Gasteiger partial charge in [0.15, 0.2) is 0 Å². The molecular weight excluding hydrogens is 236 g/mol. The summed E-state index contributed by atoms with van der Waals surface area (Å²) in [5, 5.41) is 3.39. The summed E-state index contributed by atoms with van der Waals surface area (Å²) < 4.78 is 2.13. The summed E-state index contributed by atoms with van der Waals surface area (Å²) >= 11 is 0. The van der Waals surface area contributed by atoms with Crippen LogP contribution in [0.3, 0.4) is 0 Å². The number of hydrogen-bond acceptors (Lipinski definition) is 3. The first kappa shape index (κ1) is 13.6. The highest BCUT2D eigenvalue weighted by Crippen LogP contribution is 2.11. The molecule has 2 rings (SSSR count). The molecular formula is C15H22N4. The van der Waals surface area contributed by atoms with Crippen LogP contribution < -0.4 is 5.32 Å². The van der Waals surface area contributed by atoms with Crippen LogP contribution in [0.4, 0.5) is 5.95 Å². The van der Waals surface area contributed by atoms with Gasteiger partial charge in [0.25, 0.3) is 0 Å². The predicted octanol–water partition coefficient (Wildman–Crippen LogP) is 3.16. The molecule has 0 bridgehead atoms. The molecule has 0 saturated carbocycles. The van der Waals surface area contributed by atoms with Crippen molar-refractivity contribution < 1.29 is 0 Å². The third-order valence-corrected chi connectivity index (χ3v) is 2.99. The minimum absolute atomic E-state index is 0.761. The zero-order chi connectivity index (χ0) is 13.7. The van der Waals surface area contributed by atoms with Crippen LogP contribution in [-0.2, 0) is 6.54 Å². The average Bonchev–Trinajstić information content (AvgIpc) is 2.70. The van der Waals surface area contributed by atoms with Crippen LogP contribution in [0.1, 0.15) is 36.8 Å². The fourth-order valence-electron chi connectivity index (χ4n) is 2.05. The standard InChI is InChI=1S/C15H22N4/c1-4-5-9-16-15-18-13(3)10-19(15)11-14-8-6-7-12(2)17-14/h6-8,10H,4-5,9,11H2,1-3H3,(H,16,18). The molecule has 0 aliphatic heterocycles. The van der Waals surface area contributed by atoms with Gasteiger partial charge < -0.3 is 9.88 Å². The van der Waals surface area contributed by atoms with Gasteiger partial charge in [-0.25, -0.2) is 4.98 Å². The van der Waals surface area contributed by atoms with E-state index in [0.717, 1.165) is 42.5 Å². The number of aromatic nitrogens is 3. The largest absolute Gasteiger partial charge is 0.356 e. The van der Waals surface area contributed by atoms with Crippen molar-refractivity contribution in [1.29, 1.82) is 0 Å². The molecule has 0 spiro atoms. The van der Waals surface area contributed by atoms with E-state index < -0.39 is 0 Å². The molecule has 0 aromatic carbocycles. The molecule has 2 heterocycles. The SMILES string of the molecule is CCCCNc1nc(C)cn1Cc1cccc(C)n1. The quantitative estimate of drug-likeness (QED) is 0.809. The molecule has 0 atom stereocenters. The van der Waals surface area contributed by atoms with Crippen molar-refractivity contribution in [2.75, 3.05) is 11.9 Å². The van der Waals surface area contributed by atoms with E-state index in [4.69, 9.17) is 0 Å². The summed E-state index contributed by atoms with van der Waals surface area (Å²) in [6, 6.07) is 6.12. The number of nitrogens with one attached hydrogen (secondary N) is 1. The molecule has 4 heteroatoms. The number of pyridine rings is 1. The van der Waals surface area contributed by atoms with Gasteiger partial charge >= 0.3 is 0 Å². The van der Waals surface area contributed by atoms with Crippen molar-refractivity contribution in [3.8, 4) is 0 Å². The van der Waals surface area contributed by atoms with Crippen LogP contribution in [0.5, 0.6) is 0 Å². The maximum Gasteiger partial charge on any atom is 0.203 e. The van der Waals surface area contributed by atoms with Crippen LogP contribution in [0.25, 0.3) is 0 Å². The van der Waals surface area contributed by atoms with Gasteiger partial charge in [0.1, 0.15) is 0 Å². The Labute approximate surface area is 114 Å². The molecule has 0 radical (unpaired) electrons. The molecule has 2 aromatic heterocycles. The van der Waals surface area contributed by atoms with Gasteiger partial charge in [-0.3, -0.25) is 4.98 Å². The van der Waals surface area contributed by atoms with E-state index >= 15 is 0 Å². The lowest BCUT2D eigenvalue weighted by Crippen LogP contribution is -2.10. The molecule has 19 heavy (non-hydrogen) atoms. The average molecular weight is 258 g/mol. The molecule has 1 N–H and O–H groups in total. The van der Waals surface area contributed by atoms with Crippen LogP contribution in [0, 0.1) is 13.8 Å². The highest BCUT2D eigenvalue weighted by molar-refractivity contribution is 5.29. The fraction of sp³-hybridized carbons (Fsp3) is 0.467. The Hall–Kier alpha value is -1.84. The zero-order valence-electron chi connectivity index (χ0n) is 12.0. The second-order valence-electron chi connectivity index (χ2n) is 4.88. The van der Waals surface area contributed by atoms with Crippen LogP contribution in [0.15, 0.2) is 24.4 Å². The maximum absolute atomic E-state index is 4.54. The van der Waals surface area contributed by atoms with E-state index in [9.17, 15) is 0 Å². The summed E-state index contributed by atoms with van der Waals surface area (Å²) in [5.74, 6) is 0.939. The fourth-order valence-corrected chi connectivity index (χ4v) is 2.05. The normalized spacial score (nSPS) is 10.7. The molecule has 102 valence electrons. The molecule has 0 amide bonds. The van der Waals surface area contributed by atoms with E-state index in [1.807, 2.05) is 26.0 Å². The second kappa shape index (κ2) is 6.36. The molecule has 0 aliphatic carbocycles. The second-order valence-corrected chi connectivity index (χ2v) is 4.88. The lowest BCUT2D eigenvalue weighted by atomic mass is 10.3. The molecule has 0 fully saturated rings. The van der Waals surface area contributed by atoms with Crippen LogP contribution in [-0.4, -0.2) is 21.1 Å². The predicted molar refractivity (Wildman–Crippen MR) is 78.4 cm³/mol. The first-order valence-corrected chi connectivity index (χ1v) is 6.89. The molecule has 0 aliphatic rings. The summed E-state index contributed by atoms with van der Waals surface area (Å²) in [6.45, 7) is 7.95. The van der Waals surface area contributed by atoms with Crippen molar-refractivity contribution in [3.05, 3.63) is 41.5 Å². The number of unbranched alkanes of at least 4 members (excludes halogenated alkanes) is 1. The number of anilines is 1. The lowest BCUT2D eigenvalue weighted by Gasteiger charge is -2.09. The Balaban J connectivity index is 2.10. The Kier molecular flexibility index (Phi) is 4.55. The number of rotatable bonds is 6. The van der Waals surface area contributed by atoms with Crippen LogP contribution in [0.2, 0.25) is 0 Å². The van der Waals surface area contributed by atoms with Crippen molar-refractivity contribution in [2.45, 2.75) is 40.2 Å². The van der Waals surface area contributed by atoms with Gasteiger partial charge in [-0.2, -0.15) is 0 Å². The Morgan fingerprint density at radius 3 is 2.74 bits per heavy atom. The van der Waals surface area contributed by atoms with Gasteiger partial charge in [0.2, 0.25) is 5.95 Å². The highest BCUT2D eigenvalue weighted by Gasteiger charge is 2.06. The third kappa shape index (κ3) is 3.81. The minimum Gasteiger partial charge on any atom is -0.356 e. The minimum atomic E-state index is 0.761. The highest BCUT2D eigenvalue weighted by atomic mass is 15.2. The van der Waals surface area contributed by atoms with E-state index in [0.29, 0.717) is 0 Å². The van der Waals surface area contributed by atoms with Crippen molar-refractivity contribution >= 4 is 5.95 Å². The monoisotopic (exact) mass is 258 g/mol. The number of nitrogens with zero attached hydrogens (tertiary/aromatic N) is 3. The summed E-state index contributed by atoms with van der Waals surface area (Å²) in [6.07, 6.45) is 4.42. The number of hydrogen-bond donors (Lipinski definition) is 1. The third-order valence-electron chi connectivity index (χ3n) is 2.99.